The first kappa shape index (κ1) is 24.1. The molecule has 0 bridgehead atoms. The van der Waals surface area contributed by atoms with E-state index in [1.165, 1.54) is 17.4 Å². The Morgan fingerprint density at radius 3 is 2.39 bits per heavy atom. The molecule has 2 N–H and O–H groups in total. The molecule has 0 aliphatic carbocycles. The molecule has 0 spiro atoms. The molecule has 0 radical (unpaired) electrons. The van der Waals surface area contributed by atoms with E-state index in [1.807, 2.05) is 19.1 Å². The van der Waals surface area contributed by atoms with E-state index in [0.29, 0.717) is 24.9 Å². The van der Waals surface area contributed by atoms with E-state index in [9.17, 15) is 13.5 Å². The number of aromatic amines is 1. The molecule has 33 heavy (non-hydrogen) atoms. The second-order valence-electron chi connectivity index (χ2n) is 8.88. The van der Waals surface area contributed by atoms with Crippen molar-refractivity contribution in [3.63, 3.8) is 0 Å². The fourth-order valence-corrected chi connectivity index (χ4v) is 6.64. The number of aryl methyl sites for hydroxylation is 3. The minimum Gasteiger partial charge on any atom is -0.395 e. The highest BCUT2D eigenvalue weighted by Gasteiger charge is 2.39. The normalized spacial score (nSPS) is 17.7. The van der Waals surface area contributed by atoms with E-state index in [4.69, 9.17) is 0 Å². The lowest BCUT2D eigenvalue weighted by Gasteiger charge is -2.42. The van der Waals surface area contributed by atoms with Crippen LogP contribution in [0.15, 0.2) is 45.9 Å². The Morgan fingerprint density at radius 1 is 1.18 bits per heavy atom. The number of rotatable bonds is 6. The number of nitrogens with one attached hydrogen (secondary N) is 1. The molecule has 2 atom stereocenters. The minimum atomic E-state index is -3.57. The number of aliphatic hydroxyl groups is 1. The first-order chi connectivity index (χ1) is 15.7. The van der Waals surface area contributed by atoms with Crippen LogP contribution < -0.4 is 0 Å². The van der Waals surface area contributed by atoms with Gasteiger partial charge >= 0.3 is 0 Å². The molecule has 1 aromatic heterocycles. The molecule has 6 nitrogen and oxygen atoms in total. The number of fused-ring (bicyclic) bond motifs is 1. The average molecular weight is 533 g/mol. The summed E-state index contributed by atoms with van der Waals surface area (Å²) in [6.45, 7) is 6.69. The first-order valence-electron chi connectivity index (χ1n) is 11.1. The fraction of sp³-hybridized carbons (Fsp3) is 0.400. The van der Waals surface area contributed by atoms with Gasteiger partial charge in [0.2, 0.25) is 0 Å². The van der Waals surface area contributed by atoms with Crippen molar-refractivity contribution in [1.82, 2.24) is 15.1 Å². The maximum absolute atomic E-state index is 12.8. The molecular formula is C25H30BrN3O3S. The van der Waals surface area contributed by atoms with Crippen LogP contribution in [0.5, 0.6) is 0 Å². The predicted molar refractivity (Wildman–Crippen MR) is 133 cm³/mol. The Morgan fingerprint density at radius 2 is 1.82 bits per heavy atom. The Balaban J connectivity index is 2.02. The van der Waals surface area contributed by atoms with Crippen LogP contribution in [-0.4, -0.2) is 47.5 Å². The van der Waals surface area contributed by atoms with Crippen molar-refractivity contribution >= 4 is 25.8 Å². The molecule has 8 heteroatoms. The second kappa shape index (κ2) is 9.33. The Kier molecular flexibility index (Phi) is 6.82. The third kappa shape index (κ3) is 4.54. The van der Waals surface area contributed by atoms with Crippen LogP contribution in [0.2, 0.25) is 0 Å². The van der Waals surface area contributed by atoms with Gasteiger partial charge in [-0.3, -0.25) is 10.00 Å². The molecule has 0 amide bonds. The highest BCUT2D eigenvalue weighted by molar-refractivity contribution is 9.10. The van der Waals surface area contributed by atoms with Gasteiger partial charge in [-0.2, -0.15) is 5.10 Å². The van der Waals surface area contributed by atoms with Crippen molar-refractivity contribution < 1.29 is 13.5 Å². The summed E-state index contributed by atoms with van der Waals surface area (Å²) in [6.07, 6.45) is 2.53. The highest BCUT2D eigenvalue weighted by atomic mass is 79.9. The number of nitrogens with zero attached hydrogens (tertiary/aromatic N) is 2. The number of H-pyrrole nitrogens is 1. The SMILES string of the molecule is CCc1[nH]nc(S(C)(=O)=O)c1C(c1c(C)cc(Br)cc1C)N1Cc2ccccc2CC1CO. The highest BCUT2D eigenvalue weighted by Crippen LogP contribution is 2.42. The van der Waals surface area contributed by atoms with Crippen LogP contribution >= 0.6 is 15.9 Å². The Hall–Kier alpha value is -2.00. The van der Waals surface area contributed by atoms with Crippen molar-refractivity contribution in [2.24, 2.45) is 0 Å². The van der Waals surface area contributed by atoms with Crippen LogP contribution in [0, 0.1) is 13.8 Å². The van der Waals surface area contributed by atoms with Crippen LogP contribution in [0.4, 0.5) is 0 Å². The molecule has 0 fully saturated rings. The zero-order valence-corrected chi connectivity index (χ0v) is 21.8. The van der Waals surface area contributed by atoms with Gasteiger partial charge in [-0.05, 0) is 66.6 Å². The summed E-state index contributed by atoms with van der Waals surface area (Å²) >= 11 is 3.59. The third-order valence-electron chi connectivity index (χ3n) is 6.60. The van der Waals surface area contributed by atoms with Gasteiger partial charge < -0.3 is 5.11 Å². The third-order valence-corrected chi connectivity index (χ3v) is 8.07. The van der Waals surface area contributed by atoms with Gasteiger partial charge in [0.25, 0.3) is 0 Å². The number of sulfone groups is 1. The molecule has 1 aliphatic rings. The van der Waals surface area contributed by atoms with E-state index in [0.717, 1.165) is 26.9 Å². The monoisotopic (exact) mass is 531 g/mol. The van der Waals surface area contributed by atoms with E-state index in [1.54, 1.807) is 0 Å². The van der Waals surface area contributed by atoms with Gasteiger partial charge in [0.1, 0.15) is 0 Å². The van der Waals surface area contributed by atoms with E-state index < -0.39 is 9.84 Å². The number of benzene rings is 2. The lowest BCUT2D eigenvalue weighted by Crippen LogP contribution is -2.46. The fourth-order valence-electron chi connectivity index (χ4n) is 5.11. The van der Waals surface area contributed by atoms with Crippen molar-refractivity contribution in [2.45, 2.75) is 57.3 Å². The number of aliphatic hydroxyl groups excluding tert-OH is 1. The minimum absolute atomic E-state index is 0.0209. The summed E-state index contributed by atoms with van der Waals surface area (Å²) in [5, 5.41) is 17.8. The van der Waals surface area contributed by atoms with Gasteiger partial charge in [0.05, 0.1) is 12.6 Å². The molecule has 3 aromatic rings. The van der Waals surface area contributed by atoms with Gasteiger partial charge in [0, 0.05) is 34.6 Å². The average Bonchev–Trinajstić information content (AvgIpc) is 3.19. The van der Waals surface area contributed by atoms with Crippen molar-refractivity contribution in [1.29, 1.82) is 0 Å². The second-order valence-corrected chi connectivity index (χ2v) is 11.7. The lowest BCUT2D eigenvalue weighted by atomic mass is 9.85. The molecule has 2 aromatic carbocycles. The van der Waals surface area contributed by atoms with Gasteiger partial charge in [0.15, 0.2) is 14.9 Å². The number of hydrogen-bond acceptors (Lipinski definition) is 5. The zero-order valence-electron chi connectivity index (χ0n) is 19.4. The van der Waals surface area contributed by atoms with Crippen LogP contribution in [0.25, 0.3) is 0 Å². The topological polar surface area (TPSA) is 86.3 Å². The van der Waals surface area contributed by atoms with Crippen molar-refractivity contribution in [2.75, 3.05) is 12.9 Å². The van der Waals surface area contributed by atoms with E-state index in [2.05, 4.69) is 69.1 Å². The maximum atomic E-state index is 12.8. The Bertz CT molecular complexity index is 1260. The smallest absolute Gasteiger partial charge is 0.194 e. The molecule has 0 saturated carbocycles. The zero-order chi connectivity index (χ0) is 23.9. The number of aromatic nitrogens is 2. The van der Waals surface area contributed by atoms with E-state index in [-0.39, 0.29) is 23.7 Å². The van der Waals surface area contributed by atoms with Gasteiger partial charge in [-0.15, -0.1) is 0 Å². The molecular weight excluding hydrogens is 502 g/mol. The summed E-state index contributed by atoms with van der Waals surface area (Å²) in [4.78, 5) is 2.25. The summed E-state index contributed by atoms with van der Waals surface area (Å²) in [5.74, 6) is 0. The van der Waals surface area contributed by atoms with Gasteiger partial charge in [-0.1, -0.05) is 47.1 Å². The maximum Gasteiger partial charge on any atom is 0.194 e. The summed E-state index contributed by atoms with van der Waals surface area (Å²) in [7, 11) is -3.57. The molecule has 1 aliphatic heterocycles. The van der Waals surface area contributed by atoms with Gasteiger partial charge in [-0.25, -0.2) is 8.42 Å². The summed E-state index contributed by atoms with van der Waals surface area (Å²) in [5.41, 5.74) is 7.08. The standard InChI is InChI=1S/C25H30BrN3O3S/c1-5-21-23(25(28-27-21)33(4,31)32)24(22-15(2)10-19(26)11-16(22)3)29-13-18-9-7-6-8-17(18)12-20(29)14-30/h6-11,20,24,30H,5,12-14H2,1-4H3,(H,27,28). The number of hydrogen-bond donors (Lipinski definition) is 2. The Labute approximate surface area is 204 Å². The first-order valence-corrected chi connectivity index (χ1v) is 13.8. The molecule has 2 heterocycles. The summed E-state index contributed by atoms with van der Waals surface area (Å²) < 4.78 is 26.6. The van der Waals surface area contributed by atoms with Crippen LogP contribution in [0.3, 0.4) is 0 Å². The quantitative estimate of drug-likeness (QED) is 0.496. The summed E-state index contributed by atoms with van der Waals surface area (Å²) in [6, 6.07) is 11.9. The van der Waals surface area contributed by atoms with Crippen LogP contribution in [-0.2, 0) is 29.2 Å². The predicted octanol–water partition coefficient (Wildman–Crippen LogP) is 4.26. The molecule has 4 rings (SSSR count). The van der Waals surface area contributed by atoms with Crippen molar-refractivity contribution in [3.05, 3.63) is 79.9 Å². The number of halogens is 1. The van der Waals surface area contributed by atoms with Crippen molar-refractivity contribution in [3.8, 4) is 0 Å². The largest absolute Gasteiger partial charge is 0.395 e. The molecule has 176 valence electrons. The molecule has 0 saturated heterocycles. The molecule has 2 unspecified atom stereocenters. The lowest BCUT2D eigenvalue weighted by molar-refractivity contribution is 0.0781. The van der Waals surface area contributed by atoms with E-state index >= 15 is 0 Å². The van der Waals surface area contributed by atoms with Crippen LogP contribution in [0.1, 0.15) is 52.0 Å².